The second-order valence-electron chi connectivity index (χ2n) is 3.96. The second kappa shape index (κ2) is 6.18. The highest BCUT2D eigenvalue weighted by Crippen LogP contribution is 2.15. The maximum atomic E-state index is 12.0. The van der Waals surface area contributed by atoms with Crippen molar-refractivity contribution in [2.24, 2.45) is 10.9 Å². The first kappa shape index (κ1) is 14.2. The van der Waals surface area contributed by atoms with Gasteiger partial charge in [-0.3, -0.25) is 0 Å². The van der Waals surface area contributed by atoms with Crippen LogP contribution >= 0.6 is 0 Å². The fourth-order valence-electron chi connectivity index (χ4n) is 1.70. The predicted molar refractivity (Wildman–Crippen MR) is 63.4 cm³/mol. The zero-order valence-electron chi connectivity index (χ0n) is 9.80. The minimum absolute atomic E-state index is 0.122. The molecule has 1 heterocycles. The first-order valence-electron chi connectivity index (χ1n) is 5.57. The smallest absolute Gasteiger partial charge is 0.215 e. The summed E-state index contributed by atoms with van der Waals surface area (Å²) >= 11 is 0. The van der Waals surface area contributed by atoms with Gasteiger partial charge in [-0.25, -0.2) is 13.1 Å². The van der Waals surface area contributed by atoms with Gasteiger partial charge in [0, 0.05) is 13.2 Å². The van der Waals surface area contributed by atoms with Gasteiger partial charge in [0.15, 0.2) is 5.84 Å². The number of oxime groups is 1. The van der Waals surface area contributed by atoms with Crippen LogP contribution in [0.5, 0.6) is 0 Å². The molecule has 1 saturated heterocycles. The maximum Gasteiger partial charge on any atom is 0.215 e. The Bertz CT molecular complexity index is 362. The highest BCUT2D eigenvalue weighted by Gasteiger charge is 2.30. The molecule has 0 saturated carbocycles. The lowest BCUT2D eigenvalue weighted by Gasteiger charge is -2.24. The molecule has 0 radical (unpaired) electrons. The number of hydrogen-bond acceptors (Lipinski definition) is 5. The van der Waals surface area contributed by atoms with Gasteiger partial charge in [-0.15, -0.1) is 0 Å². The van der Waals surface area contributed by atoms with E-state index in [1.807, 2.05) is 0 Å². The Morgan fingerprint density at radius 3 is 2.65 bits per heavy atom. The number of rotatable bonds is 5. The summed E-state index contributed by atoms with van der Waals surface area (Å²) < 4.78 is 31.6. The summed E-state index contributed by atoms with van der Waals surface area (Å²) in [5.74, 6) is -0.122. The van der Waals surface area contributed by atoms with Crippen molar-refractivity contribution in [3.63, 3.8) is 0 Å². The van der Waals surface area contributed by atoms with Crippen LogP contribution in [0.3, 0.4) is 0 Å². The van der Waals surface area contributed by atoms with Crippen LogP contribution in [-0.2, 0) is 14.8 Å². The number of sulfonamides is 1. The van der Waals surface area contributed by atoms with Crippen molar-refractivity contribution in [1.82, 2.24) is 4.72 Å². The molecular formula is C9H19N3O4S. The van der Waals surface area contributed by atoms with Gasteiger partial charge in [0.2, 0.25) is 10.0 Å². The average Bonchev–Trinajstić information content (AvgIpc) is 2.36. The molecule has 8 heteroatoms. The standard InChI is InChI=1S/C9H19N3O4S/c1-2-8(9(10)11-13)12-17(14,15)7-3-5-16-6-4-7/h7-8,12-13H,2-6H2,1H3,(H2,10,11). The molecule has 1 fully saturated rings. The summed E-state index contributed by atoms with van der Waals surface area (Å²) in [6, 6.07) is -0.659. The minimum atomic E-state index is -3.45. The molecule has 0 bridgehead atoms. The van der Waals surface area contributed by atoms with E-state index in [0.29, 0.717) is 32.5 Å². The van der Waals surface area contributed by atoms with Gasteiger partial charge in [0.25, 0.3) is 0 Å². The zero-order valence-corrected chi connectivity index (χ0v) is 10.6. The van der Waals surface area contributed by atoms with Crippen molar-refractivity contribution in [3.8, 4) is 0 Å². The van der Waals surface area contributed by atoms with E-state index in [2.05, 4.69) is 9.88 Å². The molecule has 7 nitrogen and oxygen atoms in total. The number of ether oxygens (including phenoxy) is 1. The molecule has 1 aliphatic rings. The third kappa shape index (κ3) is 3.83. The van der Waals surface area contributed by atoms with Crippen LogP contribution in [0.25, 0.3) is 0 Å². The fourth-order valence-corrected chi connectivity index (χ4v) is 3.39. The van der Waals surface area contributed by atoms with E-state index in [1.54, 1.807) is 6.92 Å². The van der Waals surface area contributed by atoms with Gasteiger partial charge in [-0.05, 0) is 19.3 Å². The molecule has 1 aliphatic heterocycles. The maximum absolute atomic E-state index is 12.0. The van der Waals surface area contributed by atoms with Crippen molar-refractivity contribution in [3.05, 3.63) is 0 Å². The average molecular weight is 265 g/mol. The summed E-state index contributed by atoms with van der Waals surface area (Å²) in [6.07, 6.45) is 1.38. The van der Waals surface area contributed by atoms with Crippen LogP contribution < -0.4 is 10.5 Å². The first-order valence-corrected chi connectivity index (χ1v) is 7.12. The molecule has 0 spiro atoms. The molecule has 0 aromatic carbocycles. The van der Waals surface area contributed by atoms with Gasteiger partial charge < -0.3 is 15.7 Å². The van der Waals surface area contributed by atoms with Crippen LogP contribution in [0.4, 0.5) is 0 Å². The van der Waals surface area contributed by atoms with E-state index in [0.717, 1.165) is 0 Å². The quantitative estimate of drug-likeness (QED) is 0.271. The monoisotopic (exact) mass is 265 g/mol. The molecular weight excluding hydrogens is 246 g/mol. The molecule has 1 atom stereocenters. The summed E-state index contributed by atoms with van der Waals surface area (Å²) in [5, 5.41) is 10.9. The van der Waals surface area contributed by atoms with Crippen LogP contribution in [0.15, 0.2) is 5.16 Å². The van der Waals surface area contributed by atoms with Crippen molar-refractivity contribution >= 4 is 15.9 Å². The Kier molecular flexibility index (Phi) is 5.16. The lowest BCUT2D eigenvalue weighted by molar-refractivity contribution is 0.0981. The Morgan fingerprint density at radius 1 is 1.59 bits per heavy atom. The SMILES string of the molecule is CCC(NS(=O)(=O)C1CCOCC1)/C(N)=N/O. The second-order valence-corrected chi connectivity index (χ2v) is 5.95. The highest BCUT2D eigenvalue weighted by molar-refractivity contribution is 7.90. The van der Waals surface area contributed by atoms with Crippen LogP contribution in [0.1, 0.15) is 26.2 Å². The molecule has 0 aromatic heterocycles. The molecule has 0 amide bonds. The summed E-state index contributed by atoms with van der Waals surface area (Å²) in [7, 11) is -3.45. The molecule has 17 heavy (non-hydrogen) atoms. The minimum Gasteiger partial charge on any atom is -0.409 e. The third-order valence-electron chi connectivity index (χ3n) is 2.79. The predicted octanol–water partition coefficient (Wildman–Crippen LogP) is -0.390. The highest BCUT2D eigenvalue weighted by atomic mass is 32.2. The topological polar surface area (TPSA) is 114 Å². The number of nitrogens with zero attached hydrogens (tertiary/aromatic N) is 1. The third-order valence-corrected chi connectivity index (χ3v) is 4.76. The number of nitrogens with one attached hydrogen (secondary N) is 1. The summed E-state index contributed by atoms with van der Waals surface area (Å²) in [6.45, 7) is 2.66. The normalized spacial score (nSPS) is 21.4. The van der Waals surface area contributed by atoms with Gasteiger partial charge in [0.05, 0.1) is 11.3 Å². The largest absolute Gasteiger partial charge is 0.409 e. The zero-order chi connectivity index (χ0) is 12.9. The van der Waals surface area contributed by atoms with Crippen molar-refractivity contribution in [2.45, 2.75) is 37.5 Å². The summed E-state index contributed by atoms with van der Waals surface area (Å²) in [4.78, 5) is 0. The Hall–Kier alpha value is -0.860. The van der Waals surface area contributed by atoms with Gasteiger partial charge in [-0.1, -0.05) is 12.1 Å². The molecule has 1 rings (SSSR count). The number of amidine groups is 1. The fraction of sp³-hybridized carbons (Fsp3) is 0.889. The van der Waals surface area contributed by atoms with E-state index in [-0.39, 0.29) is 5.84 Å². The lowest BCUT2D eigenvalue weighted by atomic mass is 10.2. The van der Waals surface area contributed by atoms with Gasteiger partial charge >= 0.3 is 0 Å². The molecule has 4 N–H and O–H groups in total. The number of nitrogens with two attached hydrogens (primary N) is 1. The van der Waals surface area contributed by atoms with Crippen molar-refractivity contribution in [1.29, 1.82) is 0 Å². The van der Waals surface area contributed by atoms with Crippen molar-refractivity contribution < 1.29 is 18.4 Å². The lowest BCUT2D eigenvalue weighted by Crippen LogP contribution is -2.48. The summed E-state index contributed by atoms with van der Waals surface area (Å²) in [5.41, 5.74) is 5.41. The van der Waals surface area contributed by atoms with E-state index in [9.17, 15) is 8.42 Å². The Balaban J connectivity index is 2.70. The van der Waals surface area contributed by atoms with E-state index in [1.165, 1.54) is 0 Å². The molecule has 100 valence electrons. The van der Waals surface area contributed by atoms with E-state index < -0.39 is 21.3 Å². The van der Waals surface area contributed by atoms with Crippen molar-refractivity contribution in [2.75, 3.05) is 13.2 Å². The van der Waals surface area contributed by atoms with Gasteiger partial charge in [0.1, 0.15) is 0 Å². The van der Waals surface area contributed by atoms with E-state index >= 15 is 0 Å². The number of hydrogen-bond donors (Lipinski definition) is 3. The molecule has 1 unspecified atom stereocenters. The Morgan fingerprint density at radius 2 is 2.18 bits per heavy atom. The molecule has 0 aromatic rings. The van der Waals surface area contributed by atoms with E-state index in [4.69, 9.17) is 15.7 Å². The van der Waals surface area contributed by atoms with Crippen LogP contribution in [0, 0.1) is 0 Å². The van der Waals surface area contributed by atoms with Crippen LogP contribution in [0.2, 0.25) is 0 Å². The first-order chi connectivity index (χ1) is 8.01. The van der Waals surface area contributed by atoms with Crippen LogP contribution in [-0.4, -0.2) is 44.0 Å². The molecule has 0 aliphatic carbocycles. The Labute approximate surface area is 101 Å². The van der Waals surface area contributed by atoms with Gasteiger partial charge in [-0.2, -0.15) is 0 Å².